The number of hydrogen-bond acceptors (Lipinski definition) is 5. The second kappa shape index (κ2) is 6.22. The van der Waals surface area contributed by atoms with Crippen molar-refractivity contribution in [1.29, 1.82) is 0 Å². The summed E-state index contributed by atoms with van der Waals surface area (Å²) in [5, 5.41) is 4.47. The number of nitrogens with zero attached hydrogens (tertiary/aromatic N) is 2. The Balaban J connectivity index is 1.34. The van der Waals surface area contributed by atoms with Crippen LogP contribution in [0.15, 0.2) is 36.5 Å². The summed E-state index contributed by atoms with van der Waals surface area (Å²) in [6.45, 7) is 3.86. The molecule has 4 rings (SSSR count). The number of hydrogen-bond donors (Lipinski definition) is 1. The maximum Gasteiger partial charge on any atom is 0.251 e. The van der Waals surface area contributed by atoms with Crippen LogP contribution in [-0.4, -0.2) is 48.3 Å². The minimum Gasteiger partial charge on any atom is -0.354 e. The Morgan fingerprint density at radius 2 is 2.13 bits per heavy atom. The SMILES string of the molecule is O=C(N[C@@H]1C[C@H]2CCN(C2)C1)c1ccc(ON2C=CCO2)cc1. The largest absolute Gasteiger partial charge is 0.354 e. The molecule has 3 atom stereocenters. The molecule has 0 saturated carbocycles. The Morgan fingerprint density at radius 3 is 2.87 bits per heavy atom. The molecule has 3 aliphatic heterocycles. The van der Waals surface area contributed by atoms with E-state index in [1.54, 1.807) is 30.5 Å². The van der Waals surface area contributed by atoms with Crippen molar-refractivity contribution in [2.45, 2.75) is 18.9 Å². The molecule has 23 heavy (non-hydrogen) atoms. The molecule has 1 unspecified atom stereocenters. The number of piperidine rings is 1. The van der Waals surface area contributed by atoms with Gasteiger partial charge in [0.15, 0.2) is 5.75 Å². The van der Waals surface area contributed by atoms with Gasteiger partial charge < -0.3 is 15.1 Å². The summed E-state index contributed by atoms with van der Waals surface area (Å²) in [4.78, 5) is 25.5. The van der Waals surface area contributed by atoms with E-state index in [0.717, 1.165) is 18.9 Å². The number of nitrogens with one attached hydrogen (secondary N) is 1. The number of hydroxylamine groups is 2. The molecule has 2 saturated heterocycles. The maximum atomic E-state index is 12.4. The topological polar surface area (TPSA) is 54.0 Å². The summed E-state index contributed by atoms with van der Waals surface area (Å²) in [6, 6.07) is 7.38. The van der Waals surface area contributed by atoms with Crippen LogP contribution in [0.4, 0.5) is 0 Å². The molecule has 1 amide bonds. The number of amides is 1. The van der Waals surface area contributed by atoms with Crippen molar-refractivity contribution in [3.05, 3.63) is 42.1 Å². The molecule has 0 spiro atoms. The Kier molecular flexibility index (Phi) is 3.93. The van der Waals surface area contributed by atoms with Crippen LogP contribution in [0.5, 0.6) is 5.75 Å². The van der Waals surface area contributed by atoms with Crippen molar-refractivity contribution < 1.29 is 14.5 Å². The fourth-order valence-corrected chi connectivity index (χ4v) is 3.55. The molecular formula is C17H21N3O3. The highest BCUT2D eigenvalue weighted by atomic mass is 17.0. The molecule has 3 heterocycles. The fourth-order valence-electron chi connectivity index (χ4n) is 3.55. The van der Waals surface area contributed by atoms with E-state index in [4.69, 9.17) is 9.68 Å². The molecule has 6 nitrogen and oxygen atoms in total. The average molecular weight is 315 g/mol. The third-order valence-corrected chi connectivity index (χ3v) is 4.64. The number of rotatable bonds is 4. The van der Waals surface area contributed by atoms with Crippen LogP contribution in [0.2, 0.25) is 0 Å². The van der Waals surface area contributed by atoms with E-state index >= 15 is 0 Å². The Labute approximate surface area is 135 Å². The smallest absolute Gasteiger partial charge is 0.251 e. The van der Waals surface area contributed by atoms with Crippen molar-refractivity contribution in [3.8, 4) is 5.75 Å². The zero-order chi connectivity index (χ0) is 15.6. The second-order valence-electron chi connectivity index (χ2n) is 6.40. The molecule has 1 N–H and O–H groups in total. The van der Waals surface area contributed by atoms with Gasteiger partial charge in [0.1, 0.15) is 0 Å². The molecule has 0 aromatic heterocycles. The first-order valence-electron chi connectivity index (χ1n) is 8.16. The molecule has 0 radical (unpaired) electrons. The third kappa shape index (κ3) is 3.33. The highest BCUT2D eigenvalue weighted by Crippen LogP contribution is 2.27. The minimum absolute atomic E-state index is 0.0126. The monoisotopic (exact) mass is 315 g/mol. The van der Waals surface area contributed by atoms with E-state index in [-0.39, 0.29) is 11.9 Å². The highest BCUT2D eigenvalue weighted by Gasteiger charge is 2.32. The van der Waals surface area contributed by atoms with Crippen molar-refractivity contribution in [3.63, 3.8) is 0 Å². The van der Waals surface area contributed by atoms with E-state index < -0.39 is 0 Å². The number of carbonyl (C=O) groups is 1. The summed E-state index contributed by atoms with van der Waals surface area (Å²) >= 11 is 0. The summed E-state index contributed by atoms with van der Waals surface area (Å²) < 4.78 is 0. The lowest BCUT2D eigenvalue weighted by molar-refractivity contribution is -0.263. The summed E-state index contributed by atoms with van der Waals surface area (Å²) in [7, 11) is 0. The Morgan fingerprint density at radius 1 is 1.26 bits per heavy atom. The van der Waals surface area contributed by atoms with Gasteiger partial charge in [0.25, 0.3) is 5.91 Å². The van der Waals surface area contributed by atoms with Gasteiger partial charge in [-0.15, -0.1) is 0 Å². The molecule has 2 fully saturated rings. The van der Waals surface area contributed by atoms with Crippen molar-refractivity contribution in [2.75, 3.05) is 26.2 Å². The van der Waals surface area contributed by atoms with Crippen molar-refractivity contribution >= 4 is 5.91 Å². The molecule has 122 valence electrons. The Bertz CT molecular complexity index is 590. The van der Waals surface area contributed by atoms with Crippen LogP contribution in [0.3, 0.4) is 0 Å². The first-order chi connectivity index (χ1) is 11.3. The van der Waals surface area contributed by atoms with Gasteiger partial charge in [0.2, 0.25) is 0 Å². The van der Waals surface area contributed by atoms with Crippen LogP contribution in [0.25, 0.3) is 0 Å². The van der Waals surface area contributed by atoms with E-state index in [0.29, 0.717) is 17.9 Å². The van der Waals surface area contributed by atoms with Gasteiger partial charge >= 0.3 is 0 Å². The standard InChI is InChI=1S/C17H21N3O3/c21-17(18-15-10-13-6-8-19(11-13)12-15)14-2-4-16(5-3-14)23-20-7-1-9-22-20/h1-5,7,13,15H,6,8-12H2,(H,18,21)/t13-,15-/m1/s1. The van der Waals surface area contributed by atoms with Gasteiger partial charge in [0, 0.05) is 24.7 Å². The first-order valence-corrected chi connectivity index (χ1v) is 8.16. The van der Waals surface area contributed by atoms with Gasteiger partial charge in [-0.05, 0) is 55.6 Å². The quantitative estimate of drug-likeness (QED) is 0.914. The molecule has 6 heteroatoms. The zero-order valence-electron chi connectivity index (χ0n) is 13.0. The van der Waals surface area contributed by atoms with E-state index in [1.807, 2.05) is 6.08 Å². The van der Waals surface area contributed by atoms with Gasteiger partial charge in [0.05, 0.1) is 12.8 Å². The third-order valence-electron chi connectivity index (χ3n) is 4.64. The lowest BCUT2D eigenvalue weighted by Gasteiger charge is -2.30. The highest BCUT2D eigenvalue weighted by molar-refractivity contribution is 5.94. The molecule has 3 aliphatic rings. The molecule has 2 bridgehead atoms. The molecule has 1 aromatic rings. The average Bonchev–Trinajstić information content (AvgIpc) is 3.18. The lowest BCUT2D eigenvalue weighted by atomic mass is 9.96. The minimum atomic E-state index is -0.0126. The molecule has 0 aliphatic carbocycles. The molecule has 1 aromatic carbocycles. The normalized spacial score (nSPS) is 28.9. The van der Waals surface area contributed by atoms with Gasteiger partial charge in [-0.1, -0.05) is 5.23 Å². The van der Waals surface area contributed by atoms with E-state index in [9.17, 15) is 4.79 Å². The van der Waals surface area contributed by atoms with E-state index in [1.165, 1.54) is 24.7 Å². The number of carbonyl (C=O) groups excluding carboxylic acids is 1. The van der Waals surface area contributed by atoms with Crippen LogP contribution >= 0.6 is 0 Å². The molecular weight excluding hydrogens is 294 g/mol. The maximum absolute atomic E-state index is 12.4. The fraction of sp³-hybridized carbons (Fsp3) is 0.471. The second-order valence-corrected chi connectivity index (χ2v) is 6.40. The van der Waals surface area contributed by atoms with Crippen LogP contribution < -0.4 is 10.2 Å². The van der Waals surface area contributed by atoms with Crippen LogP contribution in [0, 0.1) is 5.92 Å². The van der Waals surface area contributed by atoms with Crippen molar-refractivity contribution in [1.82, 2.24) is 15.4 Å². The van der Waals surface area contributed by atoms with Crippen molar-refractivity contribution in [2.24, 2.45) is 5.92 Å². The summed E-state index contributed by atoms with van der Waals surface area (Å²) in [6.07, 6.45) is 5.94. The van der Waals surface area contributed by atoms with Crippen LogP contribution in [0.1, 0.15) is 23.2 Å². The summed E-state index contributed by atoms with van der Waals surface area (Å²) in [5.74, 6) is 1.37. The predicted molar refractivity (Wildman–Crippen MR) is 84.4 cm³/mol. The first kappa shape index (κ1) is 14.5. The van der Waals surface area contributed by atoms with Gasteiger partial charge in [-0.25, -0.2) is 4.84 Å². The Hall–Kier alpha value is -2.05. The van der Waals surface area contributed by atoms with Gasteiger partial charge in [-0.3, -0.25) is 4.79 Å². The van der Waals surface area contributed by atoms with E-state index in [2.05, 4.69) is 10.2 Å². The van der Waals surface area contributed by atoms with Gasteiger partial charge in [-0.2, -0.15) is 0 Å². The number of benzene rings is 1. The van der Waals surface area contributed by atoms with Crippen LogP contribution in [-0.2, 0) is 4.84 Å². The summed E-state index contributed by atoms with van der Waals surface area (Å²) in [5.41, 5.74) is 0.656. The lowest BCUT2D eigenvalue weighted by Crippen LogP contribution is -2.47. The number of fused-ring (bicyclic) bond motifs is 2. The zero-order valence-corrected chi connectivity index (χ0v) is 13.0. The predicted octanol–water partition coefficient (Wildman–Crippen LogP) is 1.57.